The van der Waals surface area contributed by atoms with E-state index in [2.05, 4.69) is 0 Å². The third kappa shape index (κ3) is 7.10. The van der Waals surface area contributed by atoms with Crippen LogP contribution in [0.15, 0.2) is 23.5 Å². The van der Waals surface area contributed by atoms with Gasteiger partial charge in [-0.25, -0.2) is 4.79 Å². The van der Waals surface area contributed by atoms with Crippen molar-refractivity contribution in [1.82, 2.24) is 0 Å². The van der Waals surface area contributed by atoms with E-state index < -0.39 is 104 Å². The number of aliphatic carboxylic acids is 2. The Labute approximate surface area is 241 Å². The first-order valence-corrected chi connectivity index (χ1v) is 13.5. The minimum atomic E-state index is -1.75. The summed E-state index contributed by atoms with van der Waals surface area (Å²) in [5.41, 5.74) is 0.0960. The van der Waals surface area contributed by atoms with Gasteiger partial charge in [-0.05, 0) is 31.6 Å². The van der Waals surface area contributed by atoms with Crippen molar-refractivity contribution in [2.45, 2.75) is 70.1 Å². The monoisotopic (exact) mass is 602 g/mol. The summed E-state index contributed by atoms with van der Waals surface area (Å²) in [4.78, 5) is 49.3. The molecule has 1 saturated heterocycles. The molecule has 1 aliphatic carbocycles. The molecule has 0 bridgehead atoms. The van der Waals surface area contributed by atoms with Crippen LogP contribution in [-0.4, -0.2) is 112 Å². The molecule has 1 saturated carbocycles. The van der Waals surface area contributed by atoms with Gasteiger partial charge in [0.15, 0.2) is 6.29 Å². The summed E-state index contributed by atoms with van der Waals surface area (Å²) in [5.74, 6) is -8.33. The van der Waals surface area contributed by atoms with Gasteiger partial charge in [0.1, 0.15) is 31.0 Å². The van der Waals surface area contributed by atoms with Gasteiger partial charge >= 0.3 is 23.9 Å². The van der Waals surface area contributed by atoms with E-state index in [1.807, 2.05) is 0 Å². The lowest BCUT2D eigenvalue weighted by molar-refractivity contribution is -0.327. The Hall–Kier alpha value is -3.08. The molecule has 236 valence electrons. The first-order valence-electron chi connectivity index (χ1n) is 13.5. The standard InChI is InChI=1S/C27H38O15/c1-4-12-14(7-18(29)39-9-15(23(33)34)13-6-5-11(2)19(13)24(35)36)16(25(37)38-3)10-40-26(12)42-27-22(32)21(31)20(30)17(8-28)41-27/h4,10-11,13-15,17,19-22,26-28,30-32H,5-9H2,1-3H3,(H,33,34)(H,35,36)/b12-4-/t11-,13+,14-,15+,17+,19-,20+,21-,22+,26-,27-/m0/s1. The molecule has 2 fully saturated rings. The van der Waals surface area contributed by atoms with Crippen molar-refractivity contribution in [3.05, 3.63) is 23.5 Å². The molecular formula is C27H38O15. The summed E-state index contributed by atoms with van der Waals surface area (Å²) in [6.45, 7) is 2.01. The molecule has 2 aliphatic heterocycles. The maximum atomic E-state index is 13.0. The number of aliphatic hydroxyl groups is 4. The van der Waals surface area contributed by atoms with Crippen LogP contribution in [0, 0.1) is 29.6 Å². The number of hydrogen-bond donors (Lipinski definition) is 6. The second kappa shape index (κ2) is 14.4. The molecule has 0 radical (unpaired) electrons. The fraction of sp³-hybridized carbons (Fsp3) is 0.704. The van der Waals surface area contributed by atoms with E-state index in [0.717, 1.165) is 13.4 Å². The van der Waals surface area contributed by atoms with Gasteiger partial charge in [-0.1, -0.05) is 13.0 Å². The average molecular weight is 603 g/mol. The highest BCUT2D eigenvalue weighted by Crippen LogP contribution is 2.42. The van der Waals surface area contributed by atoms with E-state index >= 15 is 0 Å². The number of ether oxygens (including phenoxy) is 5. The Bertz CT molecular complexity index is 1070. The normalized spacial score (nSPS) is 36.5. The molecule has 6 N–H and O–H groups in total. The summed E-state index contributed by atoms with van der Waals surface area (Å²) in [7, 11) is 1.11. The van der Waals surface area contributed by atoms with Crippen LogP contribution in [0.3, 0.4) is 0 Å². The van der Waals surface area contributed by atoms with Crippen LogP contribution >= 0.6 is 0 Å². The zero-order chi connectivity index (χ0) is 31.3. The Morgan fingerprint density at radius 2 is 1.79 bits per heavy atom. The number of carboxylic acid groups (broad SMARTS) is 2. The van der Waals surface area contributed by atoms with Crippen molar-refractivity contribution in [1.29, 1.82) is 0 Å². The van der Waals surface area contributed by atoms with Crippen LogP contribution in [0.1, 0.15) is 33.1 Å². The zero-order valence-electron chi connectivity index (χ0n) is 23.4. The molecular weight excluding hydrogens is 564 g/mol. The van der Waals surface area contributed by atoms with Crippen LogP contribution in [0.5, 0.6) is 0 Å². The van der Waals surface area contributed by atoms with Crippen molar-refractivity contribution in [2.24, 2.45) is 29.6 Å². The number of rotatable bonds is 11. The molecule has 3 rings (SSSR count). The van der Waals surface area contributed by atoms with Gasteiger partial charge in [0.25, 0.3) is 0 Å². The van der Waals surface area contributed by atoms with Gasteiger partial charge in [-0.3, -0.25) is 14.4 Å². The second-order valence-electron chi connectivity index (χ2n) is 10.6. The molecule has 15 nitrogen and oxygen atoms in total. The number of carbonyl (C=O) groups excluding carboxylic acids is 2. The van der Waals surface area contributed by atoms with Crippen molar-refractivity contribution in [3.8, 4) is 0 Å². The van der Waals surface area contributed by atoms with E-state index in [1.54, 1.807) is 13.8 Å². The largest absolute Gasteiger partial charge is 0.481 e. The SMILES string of the molecule is C/C=C1\[C@H](O[C@@H]2O[C@H](CO)[C@@H](O)[C@H](O)[C@H]2O)OC=C(C(=O)OC)[C@H]1CC(=O)OC[C@@H](C(=O)O)[C@H]1CC[C@H](C)[C@@H]1C(=O)O. The molecule has 0 unspecified atom stereocenters. The number of carboxylic acids is 2. The summed E-state index contributed by atoms with van der Waals surface area (Å²) in [6.07, 6.45) is -6.48. The number of methoxy groups -OCH3 is 1. The maximum Gasteiger partial charge on any atom is 0.337 e. The molecule has 0 aromatic carbocycles. The molecule has 0 aromatic heterocycles. The highest BCUT2D eigenvalue weighted by atomic mass is 16.8. The van der Waals surface area contributed by atoms with Crippen LogP contribution in [-0.2, 0) is 42.9 Å². The lowest BCUT2D eigenvalue weighted by Crippen LogP contribution is -2.60. The van der Waals surface area contributed by atoms with Gasteiger partial charge in [-0.2, -0.15) is 0 Å². The van der Waals surface area contributed by atoms with Crippen LogP contribution in [0.25, 0.3) is 0 Å². The third-order valence-electron chi connectivity index (χ3n) is 8.17. The molecule has 2 heterocycles. The van der Waals surface area contributed by atoms with E-state index in [-0.39, 0.29) is 17.1 Å². The summed E-state index contributed by atoms with van der Waals surface area (Å²) >= 11 is 0. The summed E-state index contributed by atoms with van der Waals surface area (Å²) in [6, 6.07) is 0. The van der Waals surface area contributed by atoms with Crippen LogP contribution in [0.4, 0.5) is 0 Å². The number of hydrogen-bond acceptors (Lipinski definition) is 13. The third-order valence-corrected chi connectivity index (χ3v) is 8.17. The Kier molecular flexibility index (Phi) is 11.5. The summed E-state index contributed by atoms with van der Waals surface area (Å²) < 4.78 is 26.7. The van der Waals surface area contributed by atoms with E-state index in [0.29, 0.717) is 12.8 Å². The van der Waals surface area contributed by atoms with Gasteiger partial charge in [-0.15, -0.1) is 0 Å². The van der Waals surface area contributed by atoms with E-state index in [4.69, 9.17) is 23.7 Å². The molecule has 15 heteroatoms. The number of aliphatic hydroxyl groups excluding tert-OH is 4. The highest BCUT2D eigenvalue weighted by molar-refractivity contribution is 5.90. The first-order chi connectivity index (χ1) is 19.9. The van der Waals surface area contributed by atoms with Gasteiger partial charge in [0, 0.05) is 11.5 Å². The minimum Gasteiger partial charge on any atom is -0.481 e. The molecule has 0 spiro atoms. The topological polar surface area (TPSA) is 236 Å². The van der Waals surface area contributed by atoms with Gasteiger partial charge in [0.05, 0.1) is 43.8 Å². The molecule has 42 heavy (non-hydrogen) atoms. The quantitative estimate of drug-likeness (QED) is 0.125. The fourth-order valence-corrected chi connectivity index (χ4v) is 5.83. The Morgan fingerprint density at radius 3 is 2.36 bits per heavy atom. The van der Waals surface area contributed by atoms with Crippen molar-refractivity contribution in [2.75, 3.05) is 20.3 Å². The van der Waals surface area contributed by atoms with E-state index in [1.165, 1.54) is 6.08 Å². The van der Waals surface area contributed by atoms with Crippen LogP contribution < -0.4 is 0 Å². The Morgan fingerprint density at radius 1 is 1.10 bits per heavy atom. The molecule has 0 aromatic rings. The number of esters is 2. The fourth-order valence-electron chi connectivity index (χ4n) is 5.83. The average Bonchev–Trinajstić information content (AvgIpc) is 3.33. The smallest absolute Gasteiger partial charge is 0.337 e. The second-order valence-corrected chi connectivity index (χ2v) is 10.6. The minimum absolute atomic E-state index is 0.0958. The number of allylic oxidation sites excluding steroid dienone is 1. The summed E-state index contributed by atoms with van der Waals surface area (Å²) in [5, 5.41) is 59.3. The van der Waals surface area contributed by atoms with Gasteiger partial charge in [0.2, 0.25) is 6.29 Å². The molecule has 11 atom stereocenters. The van der Waals surface area contributed by atoms with Gasteiger partial charge < -0.3 is 54.3 Å². The Balaban J connectivity index is 1.77. The van der Waals surface area contributed by atoms with Crippen LogP contribution in [0.2, 0.25) is 0 Å². The maximum absolute atomic E-state index is 13.0. The molecule has 0 amide bonds. The zero-order valence-corrected chi connectivity index (χ0v) is 23.4. The van der Waals surface area contributed by atoms with Crippen molar-refractivity contribution >= 4 is 23.9 Å². The lowest BCUT2D eigenvalue weighted by Gasteiger charge is -2.41. The lowest BCUT2D eigenvalue weighted by atomic mass is 9.81. The molecule has 3 aliphatic rings. The van der Waals surface area contributed by atoms with Crippen molar-refractivity contribution < 1.29 is 73.5 Å². The number of carbonyl (C=O) groups is 4. The van der Waals surface area contributed by atoms with E-state index in [9.17, 15) is 49.8 Å². The highest BCUT2D eigenvalue weighted by Gasteiger charge is 2.48. The first kappa shape index (κ1) is 33.4. The van der Waals surface area contributed by atoms with Crippen molar-refractivity contribution in [3.63, 3.8) is 0 Å². The predicted octanol–water partition coefficient (Wildman–Crippen LogP) is -0.840. The predicted molar refractivity (Wildman–Crippen MR) is 137 cm³/mol.